The van der Waals surface area contributed by atoms with Crippen molar-refractivity contribution in [3.8, 4) is 46.6 Å². The monoisotopic (exact) mass is 508 g/mol. The van der Waals surface area contributed by atoms with E-state index in [0.29, 0.717) is 19.3 Å². The van der Waals surface area contributed by atoms with Crippen LogP contribution in [0.5, 0.6) is 34.5 Å². The second-order valence-corrected chi connectivity index (χ2v) is 7.73. The first-order chi connectivity index (χ1) is 17.6. The van der Waals surface area contributed by atoms with Crippen LogP contribution < -0.4 is 10.6 Å². The van der Waals surface area contributed by atoms with Crippen molar-refractivity contribution in [2.75, 3.05) is 13.1 Å². The molecular weight excluding hydrogens is 484 g/mol. The molecule has 12 nitrogen and oxygen atoms in total. The van der Waals surface area contributed by atoms with Crippen molar-refractivity contribution in [1.29, 1.82) is 10.5 Å². The maximum Gasteiger partial charge on any atom is 0.261 e. The summed E-state index contributed by atoms with van der Waals surface area (Å²) in [6.45, 7) is 0.462. The number of aromatic hydroxyl groups is 6. The molecule has 192 valence electrons. The molecule has 0 aliphatic heterocycles. The molecule has 8 N–H and O–H groups in total. The van der Waals surface area contributed by atoms with Crippen molar-refractivity contribution in [2.45, 2.75) is 19.3 Å². The predicted molar refractivity (Wildman–Crippen MR) is 130 cm³/mol. The number of benzene rings is 2. The van der Waals surface area contributed by atoms with Gasteiger partial charge in [0.05, 0.1) is 0 Å². The molecule has 0 radical (unpaired) electrons. The third-order valence-corrected chi connectivity index (χ3v) is 4.96. The topological polar surface area (TPSA) is 227 Å². The molecule has 37 heavy (non-hydrogen) atoms. The quantitative estimate of drug-likeness (QED) is 0.100. The Bertz CT molecular complexity index is 1190. The van der Waals surface area contributed by atoms with E-state index in [-0.39, 0.29) is 35.4 Å². The standard InChI is InChI=1S/C25H24N4O8/c26-12-16(6-14-8-18(30)22(34)19(31)9-14)24(36)28-4-2-1-3-5-29-25(37)17(13-27)7-15-10-20(32)23(35)21(33)11-15/h6-11,30-35H,1-5H2,(H,28,36)(H,29,37)/b16-6+,17-7+. The molecule has 2 amide bonds. The Kier molecular flexibility index (Phi) is 9.74. The Morgan fingerprint density at radius 2 is 0.973 bits per heavy atom. The summed E-state index contributed by atoms with van der Waals surface area (Å²) in [7, 11) is 0. The third kappa shape index (κ3) is 7.83. The number of nitrogens with one attached hydrogen (secondary N) is 2. The summed E-state index contributed by atoms with van der Waals surface area (Å²) in [5.74, 6) is -5.18. The van der Waals surface area contributed by atoms with Gasteiger partial charge in [-0.1, -0.05) is 0 Å². The Morgan fingerprint density at radius 3 is 1.27 bits per heavy atom. The van der Waals surface area contributed by atoms with Crippen molar-refractivity contribution in [3.05, 3.63) is 46.5 Å². The highest BCUT2D eigenvalue weighted by atomic mass is 16.3. The summed E-state index contributed by atoms with van der Waals surface area (Å²) < 4.78 is 0. The number of carbonyl (C=O) groups excluding carboxylic acids is 2. The van der Waals surface area contributed by atoms with E-state index in [1.54, 1.807) is 12.1 Å². The largest absolute Gasteiger partial charge is 0.504 e. The first-order valence-corrected chi connectivity index (χ1v) is 10.9. The number of unbranched alkanes of at least 4 members (excludes halogenated alkanes) is 2. The average molecular weight is 508 g/mol. The highest BCUT2D eigenvalue weighted by molar-refractivity contribution is 6.02. The molecule has 12 heteroatoms. The summed E-state index contributed by atoms with van der Waals surface area (Å²) in [5, 5.41) is 80.4. The molecule has 2 rings (SSSR count). The van der Waals surface area contributed by atoms with E-state index in [4.69, 9.17) is 0 Å². The smallest absolute Gasteiger partial charge is 0.261 e. The molecular formula is C25H24N4O8. The summed E-state index contributed by atoms with van der Waals surface area (Å²) in [5.41, 5.74) is -0.272. The van der Waals surface area contributed by atoms with Crippen LogP contribution in [0.3, 0.4) is 0 Å². The first-order valence-electron chi connectivity index (χ1n) is 10.9. The lowest BCUT2D eigenvalue weighted by atomic mass is 10.1. The number of hydrogen-bond donors (Lipinski definition) is 8. The van der Waals surface area contributed by atoms with Gasteiger partial charge in [-0.05, 0) is 66.8 Å². The van der Waals surface area contributed by atoms with Crippen LogP contribution in [0.2, 0.25) is 0 Å². The SMILES string of the molecule is N#C/C(=C\c1cc(O)c(O)c(O)c1)C(=O)NCCCCCNC(=O)/C(C#N)=C/c1cc(O)c(O)c(O)c1. The van der Waals surface area contributed by atoms with Crippen LogP contribution in [0, 0.1) is 22.7 Å². The number of phenols is 6. The molecule has 0 aromatic heterocycles. The van der Waals surface area contributed by atoms with Gasteiger partial charge in [0.1, 0.15) is 23.3 Å². The lowest BCUT2D eigenvalue weighted by molar-refractivity contribution is -0.117. The van der Waals surface area contributed by atoms with E-state index >= 15 is 0 Å². The Hall–Kier alpha value is -5.36. The Labute approximate surface area is 211 Å². The zero-order valence-electron chi connectivity index (χ0n) is 19.4. The van der Waals surface area contributed by atoms with Crippen molar-refractivity contribution in [2.24, 2.45) is 0 Å². The van der Waals surface area contributed by atoms with Crippen molar-refractivity contribution < 1.29 is 40.2 Å². The number of rotatable bonds is 10. The van der Waals surface area contributed by atoms with Gasteiger partial charge in [0.25, 0.3) is 11.8 Å². The van der Waals surface area contributed by atoms with Crippen LogP contribution in [-0.2, 0) is 9.59 Å². The fraction of sp³-hybridized carbons (Fsp3) is 0.200. The Morgan fingerprint density at radius 1 is 0.649 bits per heavy atom. The number of phenolic OH excluding ortho intramolecular Hbond substituents is 6. The van der Waals surface area contributed by atoms with Crippen LogP contribution in [-0.4, -0.2) is 55.5 Å². The zero-order valence-corrected chi connectivity index (χ0v) is 19.4. The van der Waals surface area contributed by atoms with Crippen LogP contribution >= 0.6 is 0 Å². The minimum atomic E-state index is -0.714. The van der Waals surface area contributed by atoms with E-state index in [1.165, 1.54) is 0 Å². The van der Waals surface area contributed by atoms with E-state index in [2.05, 4.69) is 10.6 Å². The maximum atomic E-state index is 12.2. The minimum Gasteiger partial charge on any atom is -0.504 e. The van der Waals surface area contributed by atoms with Crippen molar-refractivity contribution >= 4 is 24.0 Å². The zero-order chi connectivity index (χ0) is 27.5. The van der Waals surface area contributed by atoms with Crippen LogP contribution in [0.25, 0.3) is 12.2 Å². The lowest BCUT2D eigenvalue weighted by Crippen LogP contribution is -2.27. The molecule has 0 bridgehead atoms. The minimum absolute atomic E-state index is 0.139. The van der Waals surface area contributed by atoms with Gasteiger partial charge in [-0.3, -0.25) is 9.59 Å². The van der Waals surface area contributed by atoms with E-state index in [0.717, 1.165) is 36.4 Å². The van der Waals surface area contributed by atoms with Crippen molar-refractivity contribution in [3.63, 3.8) is 0 Å². The van der Waals surface area contributed by atoms with Crippen LogP contribution in [0.4, 0.5) is 0 Å². The van der Waals surface area contributed by atoms with Gasteiger partial charge in [-0.15, -0.1) is 0 Å². The molecule has 0 atom stereocenters. The lowest BCUT2D eigenvalue weighted by Gasteiger charge is -2.07. The molecule has 0 saturated carbocycles. The van der Waals surface area contributed by atoms with Gasteiger partial charge in [0.15, 0.2) is 34.5 Å². The second-order valence-electron chi connectivity index (χ2n) is 7.73. The molecule has 0 aliphatic rings. The summed E-state index contributed by atoms with van der Waals surface area (Å²) >= 11 is 0. The number of nitriles is 2. The molecule has 0 unspecified atom stereocenters. The fourth-order valence-corrected chi connectivity index (χ4v) is 3.07. The molecule has 2 aromatic carbocycles. The van der Waals surface area contributed by atoms with Gasteiger partial charge in [-0.2, -0.15) is 10.5 Å². The fourth-order valence-electron chi connectivity index (χ4n) is 3.07. The molecule has 0 saturated heterocycles. The normalized spacial score (nSPS) is 11.3. The first kappa shape index (κ1) is 27.9. The highest BCUT2D eigenvalue weighted by Gasteiger charge is 2.13. The Balaban J connectivity index is 1.78. The van der Waals surface area contributed by atoms with Crippen LogP contribution in [0.15, 0.2) is 35.4 Å². The van der Waals surface area contributed by atoms with Crippen molar-refractivity contribution in [1.82, 2.24) is 10.6 Å². The average Bonchev–Trinajstić information content (AvgIpc) is 2.86. The summed E-state index contributed by atoms with van der Waals surface area (Å²) in [4.78, 5) is 24.4. The van der Waals surface area contributed by atoms with E-state index in [1.807, 2.05) is 0 Å². The number of carbonyl (C=O) groups is 2. The highest BCUT2D eigenvalue weighted by Crippen LogP contribution is 2.36. The van der Waals surface area contributed by atoms with Gasteiger partial charge in [-0.25, -0.2) is 0 Å². The van der Waals surface area contributed by atoms with Gasteiger partial charge in [0.2, 0.25) is 0 Å². The van der Waals surface area contributed by atoms with E-state index in [9.17, 15) is 50.8 Å². The molecule has 2 aromatic rings. The molecule has 0 spiro atoms. The maximum absolute atomic E-state index is 12.2. The molecule has 0 fully saturated rings. The molecule has 0 aliphatic carbocycles. The number of hydrogen-bond acceptors (Lipinski definition) is 10. The number of nitrogens with zero attached hydrogens (tertiary/aromatic N) is 2. The van der Waals surface area contributed by atoms with Crippen LogP contribution in [0.1, 0.15) is 30.4 Å². The van der Waals surface area contributed by atoms with Gasteiger partial charge < -0.3 is 41.3 Å². The van der Waals surface area contributed by atoms with Gasteiger partial charge >= 0.3 is 0 Å². The van der Waals surface area contributed by atoms with Gasteiger partial charge in [0, 0.05) is 13.1 Å². The van der Waals surface area contributed by atoms with E-state index < -0.39 is 46.3 Å². The summed E-state index contributed by atoms with van der Waals surface area (Å²) in [6, 6.07) is 7.78. The second kappa shape index (κ2) is 12.9. The summed E-state index contributed by atoms with van der Waals surface area (Å²) in [6.07, 6.45) is 3.93. The number of amides is 2. The third-order valence-electron chi connectivity index (χ3n) is 4.96. The molecule has 0 heterocycles. The predicted octanol–water partition coefficient (Wildman–Crippen LogP) is 1.84.